The van der Waals surface area contributed by atoms with Gasteiger partial charge in [0.1, 0.15) is 12.3 Å². The lowest BCUT2D eigenvalue weighted by Gasteiger charge is -2.31. The van der Waals surface area contributed by atoms with E-state index in [0.29, 0.717) is 5.76 Å². The van der Waals surface area contributed by atoms with Crippen LogP contribution in [0.2, 0.25) is 0 Å². The van der Waals surface area contributed by atoms with E-state index in [1.807, 2.05) is 0 Å². The maximum Gasteiger partial charge on any atom is 0.397 e. The van der Waals surface area contributed by atoms with Crippen molar-refractivity contribution in [3.8, 4) is 0 Å². The molecule has 0 spiro atoms. The fourth-order valence-electron chi connectivity index (χ4n) is 2.21. The van der Waals surface area contributed by atoms with E-state index in [9.17, 15) is 18.0 Å². The predicted molar refractivity (Wildman–Crippen MR) is 76.5 cm³/mol. The van der Waals surface area contributed by atoms with Crippen molar-refractivity contribution >= 4 is 11.7 Å². The lowest BCUT2D eigenvalue weighted by atomic mass is 10.2. The van der Waals surface area contributed by atoms with Gasteiger partial charge in [0.25, 0.3) is 5.79 Å². The topological polar surface area (TPSA) is 84.5 Å². The number of nitrogens with one attached hydrogen (secondary N) is 2. The smallest absolute Gasteiger partial charge is 0.397 e. The number of aliphatic imine (C=N–C) groups is 1. The normalized spacial score (nSPS) is 20.4. The molecule has 0 radical (unpaired) electrons. The van der Waals surface area contributed by atoms with Gasteiger partial charge in [-0.1, -0.05) is 0 Å². The van der Waals surface area contributed by atoms with E-state index in [0.717, 1.165) is 0 Å². The Morgan fingerprint density at radius 3 is 2.88 bits per heavy atom. The number of hydrogen-bond donors (Lipinski definition) is 2. The lowest BCUT2D eigenvalue weighted by Crippen LogP contribution is -2.49. The summed E-state index contributed by atoms with van der Waals surface area (Å²) in [6, 6.07) is 4.92. The third-order valence-corrected chi connectivity index (χ3v) is 3.14. The Morgan fingerprint density at radius 1 is 1.42 bits per heavy atom. The van der Waals surface area contributed by atoms with Gasteiger partial charge in [0.15, 0.2) is 5.76 Å². The monoisotopic (exact) mass is 339 g/mol. The van der Waals surface area contributed by atoms with Crippen molar-refractivity contribution in [3.63, 3.8) is 0 Å². The number of rotatable bonds is 3. The van der Waals surface area contributed by atoms with Crippen LogP contribution < -0.4 is 10.6 Å². The molecule has 1 aliphatic rings. The van der Waals surface area contributed by atoms with Gasteiger partial charge in [0.05, 0.1) is 6.26 Å². The second-order valence-corrected chi connectivity index (χ2v) is 4.91. The number of amidine groups is 1. The van der Waals surface area contributed by atoms with Crippen LogP contribution in [0.1, 0.15) is 12.2 Å². The predicted octanol–water partition coefficient (Wildman–Crippen LogP) is 1.72. The van der Waals surface area contributed by atoms with Crippen molar-refractivity contribution in [1.82, 2.24) is 20.4 Å². The van der Waals surface area contributed by atoms with Gasteiger partial charge >= 0.3 is 6.18 Å². The molecule has 1 aliphatic heterocycles. The van der Waals surface area contributed by atoms with Gasteiger partial charge in [-0.15, -0.1) is 0 Å². The van der Waals surface area contributed by atoms with Gasteiger partial charge in [0, 0.05) is 18.6 Å². The first-order chi connectivity index (χ1) is 11.4. The highest BCUT2D eigenvalue weighted by molar-refractivity contribution is 6.04. The Labute approximate surface area is 133 Å². The number of hydrogen-bond acceptors (Lipinski definition) is 5. The molecule has 126 valence electrons. The summed E-state index contributed by atoms with van der Waals surface area (Å²) in [6.45, 7) is 0. The van der Waals surface area contributed by atoms with Crippen molar-refractivity contribution in [2.24, 2.45) is 4.99 Å². The van der Waals surface area contributed by atoms with Crippen LogP contribution in [-0.2, 0) is 10.6 Å². The van der Waals surface area contributed by atoms with Crippen LogP contribution in [0.15, 0.2) is 58.5 Å². The van der Waals surface area contributed by atoms with Crippen LogP contribution >= 0.6 is 0 Å². The van der Waals surface area contributed by atoms with Crippen molar-refractivity contribution in [1.29, 1.82) is 0 Å². The number of alkyl halides is 3. The van der Waals surface area contributed by atoms with E-state index in [1.54, 1.807) is 24.4 Å². The maximum atomic E-state index is 12.3. The van der Waals surface area contributed by atoms with Crippen LogP contribution in [0.25, 0.3) is 0 Å². The SMILES string of the molecule is O=C(CC(F)(F)F)NC1=NC(c2ccco2)(n2cccn2)NC=C1. The van der Waals surface area contributed by atoms with Gasteiger partial charge in [-0.25, -0.2) is 9.67 Å². The molecule has 0 fully saturated rings. The molecule has 1 atom stereocenters. The molecule has 0 aromatic carbocycles. The zero-order chi connectivity index (χ0) is 17.2. The average molecular weight is 339 g/mol. The van der Waals surface area contributed by atoms with E-state index < -0.39 is 24.3 Å². The van der Waals surface area contributed by atoms with Crippen molar-refractivity contribution < 1.29 is 22.4 Å². The highest BCUT2D eigenvalue weighted by Gasteiger charge is 2.39. The zero-order valence-corrected chi connectivity index (χ0v) is 12.1. The fraction of sp³-hybridized carbons (Fsp3) is 0.214. The summed E-state index contributed by atoms with van der Waals surface area (Å²) in [5, 5.41) is 9.19. The molecular weight excluding hydrogens is 327 g/mol. The molecule has 0 saturated heterocycles. The van der Waals surface area contributed by atoms with Gasteiger partial charge in [-0.3, -0.25) is 4.79 Å². The summed E-state index contributed by atoms with van der Waals surface area (Å²) >= 11 is 0. The Bertz CT molecular complexity index is 729. The van der Waals surface area contributed by atoms with Gasteiger partial charge in [-0.05, 0) is 24.3 Å². The standard InChI is InChI=1S/C14H12F3N5O2/c15-13(16,17)9-12(23)20-11-4-6-18-14(21-11,10-3-1-8-24-10)22-7-2-5-19-22/h1-8,18H,9H2,(H,20,21,23). The van der Waals surface area contributed by atoms with Gasteiger partial charge < -0.3 is 15.1 Å². The molecule has 0 saturated carbocycles. The number of carbonyl (C=O) groups is 1. The van der Waals surface area contributed by atoms with Crippen LogP contribution in [0.4, 0.5) is 13.2 Å². The fourth-order valence-corrected chi connectivity index (χ4v) is 2.21. The summed E-state index contributed by atoms with van der Waals surface area (Å²) in [4.78, 5) is 15.8. The van der Waals surface area contributed by atoms with Crippen molar-refractivity contribution in [2.45, 2.75) is 18.4 Å². The van der Waals surface area contributed by atoms with Gasteiger partial charge in [0.2, 0.25) is 5.91 Å². The molecule has 0 bridgehead atoms. The third-order valence-electron chi connectivity index (χ3n) is 3.14. The Morgan fingerprint density at radius 2 is 2.25 bits per heavy atom. The van der Waals surface area contributed by atoms with Crippen molar-refractivity contribution in [2.75, 3.05) is 0 Å². The number of amides is 1. The quantitative estimate of drug-likeness (QED) is 0.892. The summed E-state index contributed by atoms with van der Waals surface area (Å²) in [5.41, 5.74) is 0. The first-order valence-corrected chi connectivity index (χ1v) is 6.84. The molecule has 3 heterocycles. The molecular formula is C14H12F3N5O2. The highest BCUT2D eigenvalue weighted by Crippen LogP contribution is 2.27. The minimum atomic E-state index is -4.60. The van der Waals surface area contributed by atoms with Crippen LogP contribution in [-0.4, -0.2) is 27.7 Å². The number of aromatic nitrogens is 2. The van der Waals surface area contributed by atoms with Crippen LogP contribution in [0.5, 0.6) is 0 Å². The van der Waals surface area contributed by atoms with E-state index in [-0.39, 0.29) is 5.84 Å². The third kappa shape index (κ3) is 3.16. The summed E-state index contributed by atoms with van der Waals surface area (Å²) in [6.07, 6.45) is 1.15. The molecule has 1 unspecified atom stereocenters. The molecule has 7 nitrogen and oxygen atoms in total. The molecule has 2 N–H and O–H groups in total. The first-order valence-electron chi connectivity index (χ1n) is 6.84. The number of furan rings is 1. The van der Waals surface area contributed by atoms with E-state index >= 15 is 0 Å². The molecule has 0 aliphatic carbocycles. The molecule has 3 rings (SSSR count). The molecule has 2 aromatic heterocycles. The maximum absolute atomic E-state index is 12.3. The lowest BCUT2D eigenvalue weighted by molar-refractivity contribution is -0.152. The Kier molecular flexibility index (Phi) is 3.87. The van der Waals surface area contributed by atoms with Gasteiger partial charge in [-0.2, -0.15) is 18.3 Å². The highest BCUT2D eigenvalue weighted by atomic mass is 19.4. The van der Waals surface area contributed by atoms with Crippen molar-refractivity contribution in [3.05, 3.63) is 54.9 Å². The van der Waals surface area contributed by atoms with E-state index in [2.05, 4.69) is 20.7 Å². The Balaban J connectivity index is 1.92. The number of carbonyl (C=O) groups excluding carboxylic acids is 1. The van der Waals surface area contributed by atoms with Crippen LogP contribution in [0, 0.1) is 0 Å². The molecule has 24 heavy (non-hydrogen) atoms. The Hall–Kier alpha value is -3.04. The van der Waals surface area contributed by atoms with E-state index in [4.69, 9.17) is 4.42 Å². The summed E-state index contributed by atoms with van der Waals surface area (Å²) < 4.78 is 43.7. The number of halogens is 3. The second kappa shape index (κ2) is 5.87. The van der Waals surface area contributed by atoms with E-state index in [1.165, 1.54) is 29.4 Å². The first kappa shape index (κ1) is 15.8. The number of nitrogens with zero attached hydrogens (tertiary/aromatic N) is 3. The second-order valence-electron chi connectivity index (χ2n) is 4.91. The largest absolute Gasteiger partial charge is 0.463 e. The molecule has 2 aromatic rings. The summed E-state index contributed by atoms with van der Waals surface area (Å²) in [5.74, 6) is -2.25. The molecule has 1 amide bonds. The van der Waals surface area contributed by atoms with Crippen LogP contribution in [0.3, 0.4) is 0 Å². The minimum Gasteiger partial charge on any atom is -0.463 e. The average Bonchev–Trinajstić information content (AvgIpc) is 3.19. The summed E-state index contributed by atoms with van der Waals surface area (Å²) in [7, 11) is 0. The molecule has 10 heteroatoms. The zero-order valence-electron chi connectivity index (χ0n) is 12.1. The minimum absolute atomic E-state index is 0.0464.